The molecular weight excluding hydrogens is 216 g/mol. The lowest BCUT2D eigenvalue weighted by Gasteiger charge is -1.85. The molecule has 0 atom stereocenters. The van der Waals surface area contributed by atoms with Crippen molar-refractivity contribution in [3.05, 3.63) is 0 Å². The van der Waals surface area contributed by atoms with Crippen LogP contribution < -0.4 is 0 Å². The molecule has 0 aromatic heterocycles. The van der Waals surface area contributed by atoms with E-state index < -0.39 is 23.5 Å². The quantitative estimate of drug-likeness (QED) is 0.658. The molecule has 92 valence electrons. The van der Waals surface area contributed by atoms with E-state index in [0.29, 0.717) is 12.8 Å². The van der Waals surface area contributed by atoms with Crippen molar-refractivity contribution in [3.63, 3.8) is 0 Å². The molecule has 2 N–H and O–H groups in total. The molecule has 0 saturated heterocycles. The van der Waals surface area contributed by atoms with Gasteiger partial charge in [-0.15, -0.1) is 0 Å². The van der Waals surface area contributed by atoms with Gasteiger partial charge in [-0.3, -0.25) is 9.59 Å². The van der Waals surface area contributed by atoms with Crippen molar-refractivity contribution in [2.24, 2.45) is 0 Å². The average Bonchev–Trinajstić information content (AvgIpc) is 2.19. The van der Waals surface area contributed by atoms with Crippen LogP contribution in [-0.4, -0.2) is 33.7 Å². The first kappa shape index (κ1) is 16.7. The standard InChI is InChI=1S/2C5H8O3/c2*1-2-3-4(6)5(7)8/h2*2-3H2,1H3,(H,7,8). The maximum atomic E-state index is 10.1. The smallest absolute Gasteiger partial charge is 0.372 e. The molecule has 0 aromatic carbocycles. The Morgan fingerprint density at radius 3 is 1.06 bits per heavy atom. The number of carbonyl (C=O) groups is 4. The van der Waals surface area contributed by atoms with Gasteiger partial charge in [-0.05, 0) is 12.8 Å². The van der Waals surface area contributed by atoms with Crippen LogP contribution in [-0.2, 0) is 19.2 Å². The van der Waals surface area contributed by atoms with Crippen LogP contribution in [0, 0.1) is 0 Å². The second kappa shape index (κ2) is 9.82. The summed E-state index contributed by atoms with van der Waals surface area (Å²) < 4.78 is 0. The molecule has 0 aliphatic rings. The average molecular weight is 232 g/mol. The van der Waals surface area contributed by atoms with Gasteiger partial charge in [0.05, 0.1) is 0 Å². The summed E-state index contributed by atoms with van der Waals surface area (Å²) in [6.07, 6.45) is 1.50. The van der Waals surface area contributed by atoms with Crippen molar-refractivity contribution in [1.82, 2.24) is 0 Å². The first-order chi connectivity index (χ1) is 7.36. The minimum Gasteiger partial charge on any atom is -0.476 e. The maximum absolute atomic E-state index is 10.1. The van der Waals surface area contributed by atoms with Crippen molar-refractivity contribution in [2.75, 3.05) is 0 Å². The van der Waals surface area contributed by atoms with Crippen LogP contribution in [0.4, 0.5) is 0 Å². The van der Waals surface area contributed by atoms with Crippen molar-refractivity contribution in [3.8, 4) is 0 Å². The van der Waals surface area contributed by atoms with E-state index in [9.17, 15) is 19.2 Å². The lowest BCUT2D eigenvalue weighted by atomic mass is 10.2. The third kappa shape index (κ3) is 10.4. The second-order valence-electron chi connectivity index (χ2n) is 2.96. The number of hydrogen-bond donors (Lipinski definition) is 2. The number of carbonyl (C=O) groups excluding carboxylic acids is 2. The summed E-state index contributed by atoms with van der Waals surface area (Å²) in [5.41, 5.74) is 0. The zero-order chi connectivity index (χ0) is 13.1. The van der Waals surface area contributed by atoms with Crippen molar-refractivity contribution in [1.29, 1.82) is 0 Å². The van der Waals surface area contributed by atoms with E-state index in [-0.39, 0.29) is 12.8 Å². The third-order valence-corrected chi connectivity index (χ3v) is 1.43. The molecule has 0 aliphatic carbocycles. The van der Waals surface area contributed by atoms with Gasteiger partial charge in [-0.2, -0.15) is 0 Å². The van der Waals surface area contributed by atoms with E-state index in [1.54, 1.807) is 13.8 Å². The van der Waals surface area contributed by atoms with Gasteiger partial charge in [-0.25, -0.2) is 9.59 Å². The molecule has 0 aromatic rings. The monoisotopic (exact) mass is 232 g/mol. The highest BCUT2D eigenvalue weighted by atomic mass is 16.4. The number of carboxylic acid groups (broad SMARTS) is 2. The van der Waals surface area contributed by atoms with E-state index in [4.69, 9.17) is 10.2 Å². The van der Waals surface area contributed by atoms with Crippen LogP contribution in [0.1, 0.15) is 39.5 Å². The second-order valence-corrected chi connectivity index (χ2v) is 2.96. The third-order valence-electron chi connectivity index (χ3n) is 1.43. The summed E-state index contributed by atoms with van der Waals surface area (Å²) in [6, 6.07) is 0. The van der Waals surface area contributed by atoms with Gasteiger partial charge >= 0.3 is 11.9 Å². The van der Waals surface area contributed by atoms with Crippen LogP contribution >= 0.6 is 0 Å². The van der Waals surface area contributed by atoms with Gasteiger partial charge in [0, 0.05) is 12.8 Å². The number of carboxylic acids is 2. The van der Waals surface area contributed by atoms with Crippen molar-refractivity contribution in [2.45, 2.75) is 39.5 Å². The van der Waals surface area contributed by atoms with Gasteiger partial charge in [0.2, 0.25) is 11.6 Å². The van der Waals surface area contributed by atoms with Crippen LogP contribution in [0.3, 0.4) is 0 Å². The van der Waals surface area contributed by atoms with E-state index in [0.717, 1.165) is 0 Å². The van der Waals surface area contributed by atoms with Gasteiger partial charge in [0.15, 0.2) is 0 Å². The predicted octanol–water partition coefficient (Wildman–Crippen LogP) is 0.880. The molecule has 16 heavy (non-hydrogen) atoms. The lowest BCUT2D eigenvalue weighted by molar-refractivity contribution is -0.149. The molecule has 0 bridgehead atoms. The largest absolute Gasteiger partial charge is 0.476 e. The highest BCUT2D eigenvalue weighted by Crippen LogP contribution is 1.87. The maximum Gasteiger partial charge on any atom is 0.372 e. The van der Waals surface area contributed by atoms with Gasteiger partial charge in [0.25, 0.3) is 0 Å². The molecule has 6 heteroatoms. The Bertz CT molecular complexity index is 240. The van der Waals surface area contributed by atoms with Crippen LogP contribution in [0.5, 0.6) is 0 Å². The van der Waals surface area contributed by atoms with E-state index in [1.165, 1.54) is 0 Å². The highest BCUT2D eigenvalue weighted by Gasteiger charge is 2.08. The normalized spacial score (nSPS) is 8.62. The summed E-state index contributed by atoms with van der Waals surface area (Å²) in [5, 5.41) is 15.9. The Labute approximate surface area is 93.3 Å². The number of aliphatic carboxylic acids is 2. The Morgan fingerprint density at radius 2 is 1.00 bits per heavy atom. The molecular formula is C10H16O6. The van der Waals surface area contributed by atoms with E-state index in [2.05, 4.69) is 0 Å². The van der Waals surface area contributed by atoms with Crippen LogP contribution in [0.2, 0.25) is 0 Å². The zero-order valence-corrected chi connectivity index (χ0v) is 9.36. The van der Waals surface area contributed by atoms with Gasteiger partial charge in [0.1, 0.15) is 0 Å². The number of ketones is 2. The Kier molecular flexibility index (Phi) is 10.3. The molecule has 6 nitrogen and oxygen atoms in total. The Morgan fingerprint density at radius 1 is 0.750 bits per heavy atom. The van der Waals surface area contributed by atoms with Gasteiger partial charge in [-0.1, -0.05) is 13.8 Å². The first-order valence-electron chi connectivity index (χ1n) is 4.89. The zero-order valence-electron chi connectivity index (χ0n) is 9.36. The lowest BCUT2D eigenvalue weighted by Crippen LogP contribution is -2.10. The van der Waals surface area contributed by atoms with E-state index in [1.807, 2.05) is 0 Å². The van der Waals surface area contributed by atoms with Gasteiger partial charge < -0.3 is 10.2 Å². The molecule has 0 fully saturated rings. The minimum atomic E-state index is -1.33. The number of Topliss-reactive ketones (excluding diaryl/α,β-unsaturated/α-hetero) is 2. The molecule has 0 spiro atoms. The first-order valence-corrected chi connectivity index (χ1v) is 4.89. The Hall–Kier alpha value is -1.72. The molecule has 0 amide bonds. The molecule has 0 unspecified atom stereocenters. The Balaban J connectivity index is 0. The SMILES string of the molecule is CCCC(=O)C(=O)O.CCCC(=O)C(=O)O. The predicted molar refractivity (Wildman–Crippen MR) is 55.1 cm³/mol. The summed E-state index contributed by atoms with van der Waals surface area (Å²) in [4.78, 5) is 39.8. The topological polar surface area (TPSA) is 109 Å². The van der Waals surface area contributed by atoms with Crippen molar-refractivity contribution >= 4 is 23.5 Å². The summed E-state index contributed by atoms with van der Waals surface area (Å²) in [5.74, 6) is -4.06. The summed E-state index contributed by atoms with van der Waals surface area (Å²) in [7, 11) is 0. The van der Waals surface area contributed by atoms with Crippen molar-refractivity contribution < 1.29 is 29.4 Å². The fraction of sp³-hybridized carbons (Fsp3) is 0.600. The highest BCUT2D eigenvalue weighted by molar-refractivity contribution is 6.32. The van der Waals surface area contributed by atoms with E-state index >= 15 is 0 Å². The number of hydrogen-bond acceptors (Lipinski definition) is 4. The fourth-order valence-corrected chi connectivity index (χ4v) is 0.668. The minimum absolute atomic E-state index is 0.148. The fourth-order valence-electron chi connectivity index (χ4n) is 0.668. The summed E-state index contributed by atoms with van der Waals surface area (Å²) >= 11 is 0. The molecule has 0 radical (unpaired) electrons. The number of rotatable bonds is 6. The molecule has 0 aliphatic heterocycles. The van der Waals surface area contributed by atoms with Crippen LogP contribution in [0.25, 0.3) is 0 Å². The molecule has 0 rings (SSSR count). The molecule has 0 saturated carbocycles. The summed E-state index contributed by atoms with van der Waals surface area (Å²) in [6.45, 7) is 3.53. The van der Waals surface area contributed by atoms with Crippen LogP contribution in [0.15, 0.2) is 0 Å². The molecule has 0 heterocycles.